The first-order valence-electron chi connectivity index (χ1n) is 6.44. The lowest BCUT2D eigenvalue weighted by Crippen LogP contribution is -2.18. The van der Waals surface area contributed by atoms with E-state index in [4.69, 9.17) is 9.47 Å². The molecule has 0 saturated carbocycles. The van der Waals surface area contributed by atoms with E-state index in [0.29, 0.717) is 0 Å². The van der Waals surface area contributed by atoms with Crippen molar-refractivity contribution in [1.29, 1.82) is 0 Å². The molecule has 3 nitrogen and oxygen atoms in total. The second kappa shape index (κ2) is 7.47. The molecule has 2 rings (SSSR count). The van der Waals surface area contributed by atoms with Gasteiger partial charge in [-0.2, -0.15) is 0 Å². The van der Waals surface area contributed by atoms with E-state index in [1.807, 2.05) is 19.2 Å². The fourth-order valence-corrected chi connectivity index (χ4v) is 3.11. The Morgan fingerprint density at radius 1 is 1.05 bits per heavy atom. The van der Waals surface area contributed by atoms with Crippen LogP contribution >= 0.6 is 38.5 Å². The van der Waals surface area contributed by atoms with Crippen molar-refractivity contribution in [2.45, 2.75) is 6.04 Å². The Hall–Kier alpha value is -0.790. The van der Waals surface area contributed by atoms with Gasteiger partial charge in [0.1, 0.15) is 11.5 Å². The molecule has 0 bridgehead atoms. The highest BCUT2D eigenvalue weighted by molar-refractivity contribution is 14.1. The van der Waals surface area contributed by atoms with E-state index in [1.54, 1.807) is 14.2 Å². The van der Waals surface area contributed by atoms with Crippen LogP contribution in [0.3, 0.4) is 0 Å². The minimum Gasteiger partial charge on any atom is -0.496 e. The molecule has 0 heterocycles. The molecular formula is C16H17BrINO2. The molecule has 112 valence electrons. The zero-order valence-corrected chi connectivity index (χ0v) is 15.9. The van der Waals surface area contributed by atoms with E-state index < -0.39 is 0 Å². The third-order valence-electron chi connectivity index (χ3n) is 3.31. The molecule has 1 atom stereocenters. The summed E-state index contributed by atoms with van der Waals surface area (Å²) in [6, 6.07) is 12.4. The molecule has 0 amide bonds. The Bertz CT molecular complexity index is 616. The van der Waals surface area contributed by atoms with Crippen LogP contribution in [0.25, 0.3) is 0 Å². The number of ether oxygens (including phenoxy) is 2. The monoisotopic (exact) mass is 461 g/mol. The molecule has 5 heteroatoms. The van der Waals surface area contributed by atoms with Crippen LogP contribution in [0, 0.1) is 3.57 Å². The molecule has 0 aliphatic carbocycles. The minimum atomic E-state index is 0.0407. The molecule has 0 saturated heterocycles. The minimum absolute atomic E-state index is 0.0407. The second-order valence-corrected chi connectivity index (χ2v) is 6.60. The largest absolute Gasteiger partial charge is 0.496 e. The smallest absolute Gasteiger partial charge is 0.133 e. The highest BCUT2D eigenvalue weighted by Gasteiger charge is 2.19. The van der Waals surface area contributed by atoms with Crippen molar-refractivity contribution < 1.29 is 9.47 Å². The van der Waals surface area contributed by atoms with E-state index in [1.165, 1.54) is 9.13 Å². The summed E-state index contributed by atoms with van der Waals surface area (Å²) < 4.78 is 13.0. The van der Waals surface area contributed by atoms with Gasteiger partial charge in [-0.25, -0.2) is 0 Å². The number of rotatable bonds is 5. The van der Waals surface area contributed by atoms with E-state index in [-0.39, 0.29) is 6.04 Å². The van der Waals surface area contributed by atoms with Crippen LogP contribution in [0.15, 0.2) is 40.9 Å². The summed E-state index contributed by atoms with van der Waals surface area (Å²) >= 11 is 5.80. The van der Waals surface area contributed by atoms with Crippen LogP contribution < -0.4 is 14.8 Å². The number of nitrogens with one attached hydrogen (secondary N) is 1. The van der Waals surface area contributed by atoms with Crippen molar-refractivity contribution in [2.75, 3.05) is 21.3 Å². The molecule has 0 aliphatic rings. The molecule has 21 heavy (non-hydrogen) atoms. The number of halogens is 2. The van der Waals surface area contributed by atoms with E-state index in [2.05, 4.69) is 68.1 Å². The highest BCUT2D eigenvalue weighted by atomic mass is 127. The first-order chi connectivity index (χ1) is 10.1. The van der Waals surface area contributed by atoms with Crippen LogP contribution in [0.5, 0.6) is 11.5 Å². The third-order valence-corrected chi connectivity index (χ3v) is 4.65. The zero-order valence-electron chi connectivity index (χ0n) is 12.1. The Balaban J connectivity index is 2.52. The van der Waals surface area contributed by atoms with Gasteiger partial charge < -0.3 is 14.8 Å². The first-order valence-corrected chi connectivity index (χ1v) is 8.32. The maximum absolute atomic E-state index is 5.53. The van der Waals surface area contributed by atoms with Gasteiger partial charge in [0.05, 0.1) is 24.7 Å². The molecular weight excluding hydrogens is 445 g/mol. The van der Waals surface area contributed by atoms with Gasteiger partial charge in [0, 0.05) is 9.13 Å². The summed E-state index contributed by atoms with van der Waals surface area (Å²) in [5.74, 6) is 1.61. The predicted molar refractivity (Wildman–Crippen MR) is 97.3 cm³/mol. The van der Waals surface area contributed by atoms with Gasteiger partial charge in [0.15, 0.2) is 0 Å². The van der Waals surface area contributed by atoms with Gasteiger partial charge in [-0.1, -0.05) is 12.1 Å². The first kappa shape index (κ1) is 16.6. The fraction of sp³-hybridized carbons (Fsp3) is 0.250. The van der Waals surface area contributed by atoms with Crippen LogP contribution in [-0.2, 0) is 0 Å². The topological polar surface area (TPSA) is 30.5 Å². The summed E-state index contributed by atoms with van der Waals surface area (Å²) in [5.41, 5.74) is 2.22. The molecule has 0 fully saturated rings. The van der Waals surface area contributed by atoms with E-state index >= 15 is 0 Å². The van der Waals surface area contributed by atoms with Crippen molar-refractivity contribution in [3.05, 3.63) is 55.6 Å². The number of hydrogen-bond donors (Lipinski definition) is 1. The maximum Gasteiger partial charge on any atom is 0.133 e. The van der Waals surface area contributed by atoms with E-state index in [0.717, 1.165) is 21.5 Å². The maximum atomic E-state index is 5.53. The fourth-order valence-electron chi connectivity index (χ4n) is 2.27. The van der Waals surface area contributed by atoms with Crippen LogP contribution in [0.1, 0.15) is 17.2 Å². The predicted octanol–water partition coefficient (Wildman–Crippen LogP) is 4.38. The average Bonchev–Trinajstić information content (AvgIpc) is 2.50. The number of hydrogen-bond acceptors (Lipinski definition) is 3. The summed E-state index contributed by atoms with van der Waals surface area (Å²) in [7, 11) is 5.28. The van der Waals surface area contributed by atoms with Crippen LogP contribution in [0.4, 0.5) is 0 Å². The van der Waals surface area contributed by atoms with Crippen molar-refractivity contribution in [3.63, 3.8) is 0 Å². The van der Waals surface area contributed by atoms with Gasteiger partial charge in [-0.15, -0.1) is 0 Å². The van der Waals surface area contributed by atoms with Crippen molar-refractivity contribution in [3.8, 4) is 11.5 Å². The standard InChI is InChI=1S/C16H17BrINO2/c1-19-16(10-4-6-11(18)7-5-10)12-8-15(21-3)13(17)9-14(12)20-2/h4-9,16,19H,1-3H3. The Morgan fingerprint density at radius 2 is 1.67 bits per heavy atom. The summed E-state index contributed by atoms with van der Waals surface area (Å²) in [5, 5.41) is 3.35. The zero-order chi connectivity index (χ0) is 15.4. The molecule has 1 unspecified atom stereocenters. The summed E-state index contributed by atoms with van der Waals surface area (Å²) in [6.45, 7) is 0. The van der Waals surface area contributed by atoms with Crippen molar-refractivity contribution in [1.82, 2.24) is 5.32 Å². The number of benzene rings is 2. The second-order valence-electron chi connectivity index (χ2n) is 4.50. The van der Waals surface area contributed by atoms with Gasteiger partial charge in [0.2, 0.25) is 0 Å². The lowest BCUT2D eigenvalue weighted by molar-refractivity contribution is 0.393. The molecule has 2 aromatic carbocycles. The normalized spacial score (nSPS) is 12.0. The Labute approximate surface area is 147 Å². The van der Waals surface area contributed by atoms with Crippen LogP contribution in [-0.4, -0.2) is 21.3 Å². The van der Waals surface area contributed by atoms with Crippen LogP contribution in [0.2, 0.25) is 0 Å². The molecule has 0 aromatic heterocycles. The molecule has 0 aliphatic heterocycles. The van der Waals surface area contributed by atoms with Gasteiger partial charge in [-0.05, 0) is 75.4 Å². The lowest BCUT2D eigenvalue weighted by atomic mass is 9.97. The molecule has 2 aromatic rings. The molecule has 0 spiro atoms. The molecule has 0 radical (unpaired) electrons. The van der Waals surface area contributed by atoms with Crippen molar-refractivity contribution in [2.24, 2.45) is 0 Å². The highest BCUT2D eigenvalue weighted by Crippen LogP contribution is 2.37. The summed E-state index contributed by atoms with van der Waals surface area (Å²) in [6.07, 6.45) is 0. The Kier molecular flexibility index (Phi) is 5.89. The van der Waals surface area contributed by atoms with Gasteiger partial charge in [-0.3, -0.25) is 0 Å². The van der Waals surface area contributed by atoms with Gasteiger partial charge >= 0.3 is 0 Å². The SMILES string of the molecule is CNC(c1ccc(I)cc1)c1cc(OC)c(Br)cc1OC. The van der Waals surface area contributed by atoms with Crippen molar-refractivity contribution >= 4 is 38.5 Å². The average molecular weight is 462 g/mol. The Morgan fingerprint density at radius 3 is 2.19 bits per heavy atom. The van der Waals surface area contributed by atoms with Gasteiger partial charge in [0.25, 0.3) is 0 Å². The quantitative estimate of drug-likeness (QED) is 0.670. The third kappa shape index (κ3) is 3.70. The lowest BCUT2D eigenvalue weighted by Gasteiger charge is -2.21. The number of methoxy groups -OCH3 is 2. The van der Waals surface area contributed by atoms with E-state index in [9.17, 15) is 0 Å². The molecule has 1 N–H and O–H groups in total. The summed E-state index contributed by atoms with van der Waals surface area (Å²) in [4.78, 5) is 0.